The Kier molecular flexibility index (Phi) is 6.86. The van der Waals surface area contributed by atoms with Crippen molar-refractivity contribution in [2.75, 3.05) is 11.9 Å². The molecule has 2 aliphatic heterocycles. The van der Waals surface area contributed by atoms with E-state index in [2.05, 4.69) is 11.4 Å². The number of pyridine rings is 1. The summed E-state index contributed by atoms with van der Waals surface area (Å²) in [6, 6.07) is 13.0. The van der Waals surface area contributed by atoms with Crippen LogP contribution in [0.1, 0.15) is 55.5 Å². The summed E-state index contributed by atoms with van der Waals surface area (Å²) in [5.41, 5.74) is 5.46. The zero-order chi connectivity index (χ0) is 26.1. The number of fused-ring (bicyclic) bond motifs is 4. The van der Waals surface area contributed by atoms with Gasteiger partial charge in [-0.05, 0) is 66.8 Å². The molecular weight excluding hydrogens is 486 g/mol. The first-order valence-electron chi connectivity index (χ1n) is 12.5. The summed E-state index contributed by atoms with van der Waals surface area (Å²) in [5.74, 6) is -0.273. The van der Waals surface area contributed by atoms with Crippen molar-refractivity contribution < 1.29 is 9.59 Å². The molecule has 188 valence electrons. The lowest BCUT2D eigenvalue weighted by Crippen LogP contribution is -2.38. The predicted octanol–water partition coefficient (Wildman–Crippen LogP) is 5.73. The van der Waals surface area contributed by atoms with E-state index in [0.29, 0.717) is 42.0 Å². The van der Waals surface area contributed by atoms with Crippen LogP contribution in [0.4, 0.5) is 5.69 Å². The molecule has 37 heavy (non-hydrogen) atoms. The van der Waals surface area contributed by atoms with Gasteiger partial charge in [-0.1, -0.05) is 24.9 Å². The number of halogens is 1. The zero-order valence-corrected chi connectivity index (χ0v) is 21.6. The molecule has 0 aliphatic carbocycles. The van der Waals surface area contributed by atoms with Crippen molar-refractivity contribution in [1.29, 1.82) is 5.26 Å². The number of hydrogen-bond donors (Lipinski definition) is 1. The van der Waals surface area contributed by atoms with Gasteiger partial charge < -0.3 is 14.8 Å². The Morgan fingerprint density at radius 2 is 2.00 bits per heavy atom. The molecule has 1 aromatic carbocycles. The first kappa shape index (κ1) is 24.8. The van der Waals surface area contributed by atoms with Crippen molar-refractivity contribution >= 4 is 34.7 Å². The zero-order valence-electron chi connectivity index (χ0n) is 20.9. The summed E-state index contributed by atoms with van der Waals surface area (Å²) in [4.78, 5) is 32.9. The molecule has 0 saturated carbocycles. The molecule has 5 rings (SSSR count). The highest BCUT2D eigenvalue weighted by Crippen LogP contribution is 2.36. The molecule has 1 N–H and O–H groups in total. The maximum atomic E-state index is 13.5. The fourth-order valence-electron chi connectivity index (χ4n) is 5.29. The highest BCUT2D eigenvalue weighted by atomic mass is 35.5. The van der Waals surface area contributed by atoms with Crippen LogP contribution in [-0.2, 0) is 16.6 Å². The van der Waals surface area contributed by atoms with Crippen molar-refractivity contribution in [2.45, 2.75) is 38.6 Å². The number of anilines is 1. The standard InChI is InChI=1S/C29H28ClN5O2/c1-18-4-3-5-26(25-14-20(8-11-32-25)28-24(33-29(18)37)10-12-34(28)2)35-13-9-19(15-27(35)36)23-16-22(30)7-6-21(23)17-31/h6-8,10-12,14-16,18,26H,3-5,9,13H2,1-2H3,(H,33,37)/t18-,26+/m1/s1. The van der Waals surface area contributed by atoms with Gasteiger partial charge in [-0.3, -0.25) is 14.6 Å². The van der Waals surface area contributed by atoms with Crippen LogP contribution in [-0.4, -0.2) is 32.8 Å². The number of amides is 2. The Balaban J connectivity index is 1.52. The molecular formula is C29H28ClN5O2. The Morgan fingerprint density at radius 3 is 2.78 bits per heavy atom. The summed E-state index contributed by atoms with van der Waals surface area (Å²) in [6.45, 7) is 2.44. The topological polar surface area (TPSA) is 91.0 Å². The molecule has 4 heterocycles. The molecule has 2 atom stereocenters. The molecule has 8 heteroatoms. The Bertz CT molecular complexity index is 1450. The van der Waals surface area contributed by atoms with Gasteiger partial charge in [0.1, 0.15) is 0 Å². The number of aromatic nitrogens is 2. The molecule has 0 radical (unpaired) electrons. The normalized spacial score (nSPS) is 20.2. The average Bonchev–Trinajstić information content (AvgIpc) is 3.25. The van der Waals surface area contributed by atoms with E-state index in [1.807, 2.05) is 47.8 Å². The number of rotatable bonds is 2. The van der Waals surface area contributed by atoms with Crippen molar-refractivity contribution in [3.63, 3.8) is 0 Å². The molecule has 0 saturated heterocycles. The molecule has 2 amide bonds. The first-order valence-corrected chi connectivity index (χ1v) is 12.9. The number of nitrogens with zero attached hydrogens (tertiary/aromatic N) is 4. The van der Waals surface area contributed by atoms with Crippen LogP contribution >= 0.6 is 11.6 Å². The lowest BCUT2D eigenvalue weighted by Gasteiger charge is -2.34. The molecule has 0 spiro atoms. The average molecular weight is 514 g/mol. The van der Waals surface area contributed by atoms with Gasteiger partial charge in [-0.2, -0.15) is 5.26 Å². The van der Waals surface area contributed by atoms with E-state index in [4.69, 9.17) is 16.6 Å². The number of benzene rings is 1. The van der Waals surface area contributed by atoms with Crippen LogP contribution in [0.3, 0.4) is 0 Å². The SMILES string of the molecule is C[C@@H]1CCC[C@H](N2CCC(c3cc(Cl)ccc3C#N)=CC2=O)c2cc(ccn2)-c2c(ccn2C)NC1=O. The number of nitrogens with one attached hydrogen (secondary N) is 1. The number of carbonyl (C=O) groups excluding carboxylic acids is 2. The van der Waals surface area contributed by atoms with Crippen LogP contribution in [0.2, 0.25) is 5.02 Å². The first-order chi connectivity index (χ1) is 17.9. The van der Waals surface area contributed by atoms with Crippen molar-refractivity contribution in [1.82, 2.24) is 14.5 Å². The number of carbonyl (C=O) groups is 2. The van der Waals surface area contributed by atoms with Gasteiger partial charge in [0.2, 0.25) is 11.8 Å². The lowest BCUT2D eigenvalue weighted by atomic mass is 9.92. The van der Waals surface area contributed by atoms with Gasteiger partial charge in [0.25, 0.3) is 0 Å². The summed E-state index contributed by atoms with van der Waals surface area (Å²) >= 11 is 6.20. The Morgan fingerprint density at radius 1 is 1.16 bits per heavy atom. The molecule has 0 fully saturated rings. The Labute approximate surface area is 221 Å². The second kappa shape index (κ2) is 10.2. The fraction of sp³-hybridized carbons (Fsp3) is 0.310. The molecule has 2 bridgehead atoms. The van der Waals surface area contributed by atoms with Crippen molar-refractivity contribution in [2.24, 2.45) is 13.0 Å². The van der Waals surface area contributed by atoms with E-state index in [1.54, 1.807) is 30.5 Å². The maximum absolute atomic E-state index is 13.5. The smallest absolute Gasteiger partial charge is 0.247 e. The number of aryl methyl sites for hydroxylation is 1. The molecule has 0 unspecified atom stereocenters. The third-order valence-corrected chi connectivity index (χ3v) is 7.55. The minimum absolute atomic E-state index is 0.00436. The number of nitriles is 1. The van der Waals surface area contributed by atoms with Crippen LogP contribution in [0.25, 0.3) is 16.8 Å². The van der Waals surface area contributed by atoms with E-state index in [0.717, 1.165) is 34.6 Å². The van der Waals surface area contributed by atoms with E-state index < -0.39 is 0 Å². The van der Waals surface area contributed by atoms with E-state index in [9.17, 15) is 14.9 Å². The van der Waals surface area contributed by atoms with Gasteiger partial charge in [0, 0.05) is 48.6 Å². The summed E-state index contributed by atoms with van der Waals surface area (Å²) in [7, 11) is 1.95. The van der Waals surface area contributed by atoms with E-state index in [-0.39, 0.29) is 23.8 Å². The molecule has 3 aromatic rings. The minimum Gasteiger partial charge on any atom is -0.349 e. The summed E-state index contributed by atoms with van der Waals surface area (Å²) < 4.78 is 1.99. The molecule has 2 aliphatic rings. The minimum atomic E-state index is -0.224. The van der Waals surface area contributed by atoms with E-state index in [1.165, 1.54) is 0 Å². The quantitative estimate of drug-likeness (QED) is 0.474. The van der Waals surface area contributed by atoms with Gasteiger partial charge >= 0.3 is 0 Å². The summed E-state index contributed by atoms with van der Waals surface area (Å²) in [5, 5.41) is 13.2. The predicted molar refractivity (Wildman–Crippen MR) is 144 cm³/mol. The second-order valence-corrected chi connectivity index (χ2v) is 10.2. The van der Waals surface area contributed by atoms with Crippen LogP contribution in [0, 0.1) is 17.2 Å². The van der Waals surface area contributed by atoms with Crippen molar-refractivity contribution in [3.8, 4) is 17.3 Å². The molecule has 2 aromatic heterocycles. The lowest BCUT2D eigenvalue weighted by molar-refractivity contribution is -0.129. The fourth-order valence-corrected chi connectivity index (χ4v) is 5.46. The Hall–Kier alpha value is -3.89. The largest absolute Gasteiger partial charge is 0.349 e. The number of hydrogen-bond acceptors (Lipinski definition) is 4. The molecule has 7 nitrogen and oxygen atoms in total. The van der Waals surface area contributed by atoms with E-state index >= 15 is 0 Å². The third kappa shape index (κ3) is 4.90. The van der Waals surface area contributed by atoms with Crippen LogP contribution in [0.15, 0.2) is 54.9 Å². The van der Waals surface area contributed by atoms with Crippen molar-refractivity contribution in [3.05, 3.63) is 76.7 Å². The van der Waals surface area contributed by atoms with Crippen LogP contribution in [0.5, 0.6) is 0 Å². The second-order valence-electron chi connectivity index (χ2n) is 9.75. The third-order valence-electron chi connectivity index (χ3n) is 7.32. The summed E-state index contributed by atoms with van der Waals surface area (Å²) in [6.07, 6.45) is 8.12. The highest BCUT2D eigenvalue weighted by Gasteiger charge is 2.30. The monoisotopic (exact) mass is 513 g/mol. The maximum Gasteiger partial charge on any atom is 0.247 e. The highest BCUT2D eigenvalue weighted by molar-refractivity contribution is 6.30. The van der Waals surface area contributed by atoms with Crippen LogP contribution < -0.4 is 5.32 Å². The van der Waals surface area contributed by atoms with Gasteiger partial charge in [-0.25, -0.2) is 0 Å². The van der Waals surface area contributed by atoms with Gasteiger partial charge in [-0.15, -0.1) is 0 Å². The van der Waals surface area contributed by atoms with Gasteiger partial charge in [0.15, 0.2) is 0 Å². The van der Waals surface area contributed by atoms with Gasteiger partial charge in [0.05, 0.1) is 34.7 Å².